The van der Waals surface area contributed by atoms with Gasteiger partial charge in [0.25, 0.3) is 10.0 Å². The molecule has 6 nitrogen and oxygen atoms in total. The average molecular weight is 406 g/mol. The quantitative estimate of drug-likeness (QED) is 0.696. The highest BCUT2D eigenvalue weighted by atomic mass is 32.2. The molecule has 0 aliphatic carbocycles. The van der Waals surface area contributed by atoms with Gasteiger partial charge in [0.1, 0.15) is 6.54 Å². The minimum atomic E-state index is -4.86. The van der Waals surface area contributed by atoms with Crippen molar-refractivity contribution in [3.63, 3.8) is 0 Å². The molecule has 0 atom stereocenters. The Balaban J connectivity index is 2.22. The van der Waals surface area contributed by atoms with Crippen molar-refractivity contribution in [1.29, 1.82) is 5.26 Å². The summed E-state index contributed by atoms with van der Waals surface area (Å²) in [5.74, 6) is -0.502. The molecule has 0 radical (unpaired) electrons. The molecule has 28 heavy (non-hydrogen) atoms. The fraction of sp³-hybridized carbons (Fsp3) is 0.111. The van der Waals surface area contributed by atoms with E-state index in [9.17, 15) is 21.6 Å². The fourth-order valence-electron chi connectivity index (χ4n) is 2.67. The van der Waals surface area contributed by atoms with E-state index in [-0.39, 0.29) is 10.5 Å². The Morgan fingerprint density at radius 1 is 1.04 bits per heavy atom. The van der Waals surface area contributed by atoms with Crippen LogP contribution in [0.3, 0.4) is 0 Å². The van der Waals surface area contributed by atoms with Gasteiger partial charge in [0.15, 0.2) is 11.5 Å². The van der Waals surface area contributed by atoms with Crippen molar-refractivity contribution in [1.82, 2.24) is 9.78 Å². The first-order chi connectivity index (χ1) is 13.2. The van der Waals surface area contributed by atoms with Gasteiger partial charge in [0.2, 0.25) is 0 Å². The molecular formula is C18H13F3N4O2S. The number of nitrogens with one attached hydrogen (secondary N) is 1. The molecule has 1 aromatic heterocycles. The van der Waals surface area contributed by atoms with Crippen LogP contribution in [0.4, 0.5) is 19.0 Å². The van der Waals surface area contributed by atoms with Crippen LogP contribution in [0, 0.1) is 11.3 Å². The molecular weight excluding hydrogens is 393 g/mol. The molecule has 1 N–H and O–H groups in total. The predicted octanol–water partition coefficient (Wildman–Crippen LogP) is 3.89. The molecule has 0 spiro atoms. The Kier molecular flexibility index (Phi) is 5.11. The van der Waals surface area contributed by atoms with E-state index in [2.05, 4.69) is 9.82 Å². The summed E-state index contributed by atoms with van der Waals surface area (Å²) in [4.78, 5) is -0.127. The van der Waals surface area contributed by atoms with Gasteiger partial charge in [-0.2, -0.15) is 23.5 Å². The Bertz CT molecular complexity index is 1120. The van der Waals surface area contributed by atoms with E-state index in [4.69, 9.17) is 5.26 Å². The fourth-order valence-corrected chi connectivity index (χ4v) is 3.70. The molecule has 1 heterocycles. The molecule has 10 heteroatoms. The van der Waals surface area contributed by atoms with Crippen molar-refractivity contribution >= 4 is 15.8 Å². The molecule has 0 unspecified atom stereocenters. The number of benzene rings is 2. The monoisotopic (exact) mass is 406 g/mol. The number of sulfonamides is 1. The molecule has 0 aliphatic heterocycles. The van der Waals surface area contributed by atoms with Gasteiger partial charge in [0.05, 0.1) is 16.5 Å². The summed E-state index contributed by atoms with van der Waals surface area (Å²) in [6.07, 6.45) is -4.86. The van der Waals surface area contributed by atoms with Gasteiger partial charge in [-0.15, -0.1) is 0 Å². The van der Waals surface area contributed by atoms with Gasteiger partial charge >= 0.3 is 6.18 Å². The van der Waals surface area contributed by atoms with E-state index in [0.29, 0.717) is 4.68 Å². The van der Waals surface area contributed by atoms with Crippen LogP contribution in [-0.2, 0) is 22.7 Å². The SMILES string of the molecule is N#CCn1nc(NS(=O)(=O)c2ccccc2)c(-c2ccccc2)c1C(F)(F)F. The van der Waals surface area contributed by atoms with Crippen molar-refractivity contribution < 1.29 is 21.6 Å². The summed E-state index contributed by atoms with van der Waals surface area (Å²) >= 11 is 0. The number of anilines is 1. The normalized spacial score (nSPS) is 11.8. The van der Waals surface area contributed by atoms with Crippen molar-refractivity contribution in [3.05, 3.63) is 66.4 Å². The maximum atomic E-state index is 13.7. The van der Waals surface area contributed by atoms with Crippen LogP contribution in [0.2, 0.25) is 0 Å². The number of rotatable bonds is 5. The number of aromatic nitrogens is 2. The molecule has 144 valence electrons. The van der Waals surface area contributed by atoms with Crippen LogP contribution in [0.15, 0.2) is 65.6 Å². The molecule has 0 amide bonds. The lowest BCUT2D eigenvalue weighted by atomic mass is 10.1. The lowest BCUT2D eigenvalue weighted by molar-refractivity contribution is -0.143. The van der Waals surface area contributed by atoms with Crippen molar-refractivity contribution in [2.45, 2.75) is 17.6 Å². The predicted molar refractivity (Wildman–Crippen MR) is 95.5 cm³/mol. The summed E-state index contributed by atoms with van der Waals surface area (Å²) < 4.78 is 69.0. The minimum absolute atomic E-state index is 0.116. The molecule has 3 aromatic rings. The Hall–Kier alpha value is -3.32. The lowest BCUT2D eigenvalue weighted by Gasteiger charge is -2.12. The van der Waals surface area contributed by atoms with Crippen LogP contribution in [0.1, 0.15) is 5.69 Å². The average Bonchev–Trinajstić information content (AvgIpc) is 3.01. The number of halogens is 3. The molecule has 0 aliphatic rings. The number of hydrogen-bond acceptors (Lipinski definition) is 4. The second kappa shape index (κ2) is 7.36. The second-order valence-corrected chi connectivity index (χ2v) is 7.35. The van der Waals surface area contributed by atoms with E-state index in [1.807, 2.05) is 0 Å². The summed E-state index contributed by atoms with van der Waals surface area (Å²) in [6.45, 7) is -0.693. The maximum absolute atomic E-state index is 13.7. The van der Waals surface area contributed by atoms with E-state index in [1.165, 1.54) is 48.5 Å². The molecule has 0 saturated carbocycles. The molecule has 0 saturated heterocycles. The van der Waals surface area contributed by atoms with Gasteiger partial charge < -0.3 is 0 Å². The van der Waals surface area contributed by atoms with Gasteiger partial charge in [-0.25, -0.2) is 13.1 Å². The van der Waals surface area contributed by atoms with Crippen LogP contribution >= 0.6 is 0 Å². The maximum Gasteiger partial charge on any atom is 0.433 e. The zero-order chi connectivity index (χ0) is 20.4. The zero-order valence-electron chi connectivity index (χ0n) is 14.2. The number of hydrogen-bond donors (Lipinski definition) is 1. The van der Waals surface area contributed by atoms with Gasteiger partial charge in [0, 0.05) is 0 Å². The Morgan fingerprint density at radius 3 is 2.14 bits per heavy atom. The van der Waals surface area contributed by atoms with E-state index in [0.717, 1.165) is 0 Å². The summed E-state index contributed by atoms with van der Waals surface area (Å²) in [5.41, 5.74) is -1.53. The van der Waals surface area contributed by atoms with Crippen LogP contribution in [0.5, 0.6) is 0 Å². The second-order valence-electron chi connectivity index (χ2n) is 5.67. The standard InChI is InChI=1S/C18H13F3N4O2S/c19-18(20,21)16-15(13-7-3-1-4-8-13)17(23-25(16)12-11-22)24-28(26,27)14-9-5-2-6-10-14/h1-10H,12H2,(H,23,24). The van der Waals surface area contributed by atoms with Crippen molar-refractivity contribution in [3.8, 4) is 17.2 Å². The molecule has 0 fully saturated rings. The smallest absolute Gasteiger partial charge is 0.261 e. The van der Waals surface area contributed by atoms with Crippen LogP contribution in [-0.4, -0.2) is 18.2 Å². The molecule has 0 bridgehead atoms. The highest BCUT2D eigenvalue weighted by Gasteiger charge is 2.41. The van der Waals surface area contributed by atoms with E-state index in [1.54, 1.807) is 18.2 Å². The first-order valence-corrected chi connectivity index (χ1v) is 9.40. The third kappa shape index (κ3) is 3.84. The molecule has 2 aromatic carbocycles. The van der Waals surface area contributed by atoms with E-state index >= 15 is 0 Å². The summed E-state index contributed by atoms with van der Waals surface area (Å²) in [5, 5.41) is 12.6. The van der Waals surface area contributed by atoms with Crippen LogP contribution in [0.25, 0.3) is 11.1 Å². The lowest BCUT2D eigenvalue weighted by Crippen LogP contribution is -2.15. The van der Waals surface area contributed by atoms with E-state index < -0.39 is 39.8 Å². The van der Waals surface area contributed by atoms with Gasteiger partial charge in [-0.3, -0.25) is 4.72 Å². The highest BCUT2D eigenvalue weighted by Crippen LogP contribution is 2.41. The number of nitriles is 1. The van der Waals surface area contributed by atoms with Crippen molar-refractivity contribution in [2.75, 3.05) is 4.72 Å². The van der Waals surface area contributed by atoms with Gasteiger partial charge in [-0.05, 0) is 17.7 Å². The minimum Gasteiger partial charge on any atom is -0.261 e. The van der Waals surface area contributed by atoms with Gasteiger partial charge in [-0.1, -0.05) is 48.5 Å². The number of nitrogens with zero attached hydrogens (tertiary/aromatic N) is 3. The van der Waals surface area contributed by atoms with Crippen LogP contribution < -0.4 is 4.72 Å². The third-order valence-electron chi connectivity index (χ3n) is 3.79. The Labute approximate surface area is 158 Å². The largest absolute Gasteiger partial charge is 0.433 e. The number of alkyl halides is 3. The first-order valence-electron chi connectivity index (χ1n) is 7.92. The summed E-state index contributed by atoms with van der Waals surface area (Å²) in [6, 6.07) is 16.3. The topological polar surface area (TPSA) is 87.8 Å². The first kappa shape index (κ1) is 19.4. The van der Waals surface area contributed by atoms with Crippen molar-refractivity contribution in [2.24, 2.45) is 0 Å². The molecule has 3 rings (SSSR count). The highest BCUT2D eigenvalue weighted by molar-refractivity contribution is 7.92. The summed E-state index contributed by atoms with van der Waals surface area (Å²) in [7, 11) is -4.18. The zero-order valence-corrected chi connectivity index (χ0v) is 15.0. The third-order valence-corrected chi connectivity index (χ3v) is 5.14. The Morgan fingerprint density at radius 2 is 1.61 bits per heavy atom.